The molecule has 0 saturated heterocycles. The fraction of sp³-hybridized carbons (Fsp3) is 0.214. The molecule has 1 atom stereocenters. The molecule has 1 aromatic carbocycles. The maximum Gasteiger partial charge on any atom is 0.271 e. The summed E-state index contributed by atoms with van der Waals surface area (Å²) >= 11 is 5.93. The summed E-state index contributed by atoms with van der Waals surface area (Å²) in [4.78, 5) is 33.9. The van der Waals surface area contributed by atoms with Crippen molar-refractivity contribution in [2.24, 2.45) is 5.73 Å². The lowest BCUT2D eigenvalue weighted by Gasteiger charge is -2.19. The van der Waals surface area contributed by atoms with E-state index in [1.54, 1.807) is 19.9 Å². The van der Waals surface area contributed by atoms with E-state index >= 15 is 0 Å². The van der Waals surface area contributed by atoms with Crippen LogP contribution in [0.1, 0.15) is 45.9 Å². The first-order valence-corrected chi connectivity index (χ1v) is 12.3. The molecule has 194 valence electrons. The van der Waals surface area contributed by atoms with E-state index in [4.69, 9.17) is 26.5 Å². The van der Waals surface area contributed by atoms with Gasteiger partial charge in [0.1, 0.15) is 28.2 Å². The molecular weight excluding hydrogens is 508 g/mol. The molecule has 0 radical (unpaired) electrons. The number of aliphatic hydroxyl groups is 1. The number of hydrogen-bond donors (Lipinski definition) is 2. The second-order valence-electron chi connectivity index (χ2n) is 9.11. The highest BCUT2D eigenvalue weighted by Gasteiger charge is 2.22. The number of benzene rings is 1. The fourth-order valence-electron chi connectivity index (χ4n) is 4.51. The van der Waals surface area contributed by atoms with Gasteiger partial charge in [0.25, 0.3) is 5.91 Å². The van der Waals surface area contributed by atoms with Crippen molar-refractivity contribution in [1.82, 2.24) is 14.4 Å². The monoisotopic (exact) mass is 532 g/mol. The molecule has 38 heavy (non-hydrogen) atoms. The Bertz CT molecular complexity index is 1780. The molecular formula is C28H25ClN4O5. The number of carbonyl (C=O) groups is 1. The molecule has 0 saturated carbocycles. The van der Waals surface area contributed by atoms with Crippen molar-refractivity contribution < 1.29 is 19.1 Å². The number of nitrogens with two attached hydrogens (primary N) is 1. The Hall–Kier alpha value is -4.21. The van der Waals surface area contributed by atoms with Crippen molar-refractivity contribution in [3.63, 3.8) is 0 Å². The first-order valence-electron chi connectivity index (χ1n) is 12.0. The van der Waals surface area contributed by atoms with Gasteiger partial charge < -0.3 is 24.4 Å². The minimum absolute atomic E-state index is 0.00482. The van der Waals surface area contributed by atoms with Gasteiger partial charge in [-0.05, 0) is 62.7 Å². The Morgan fingerprint density at radius 1 is 1.18 bits per heavy atom. The Kier molecular flexibility index (Phi) is 6.64. The Morgan fingerprint density at radius 3 is 2.71 bits per heavy atom. The average Bonchev–Trinajstić information content (AvgIpc) is 3.28. The Labute approximate surface area is 222 Å². The van der Waals surface area contributed by atoms with Gasteiger partial charge in [0.2, 0.25) is 0 Å². The van der Waals surface area contributed by atoms with E-state index in [1.807, 2.05) is 41.9 Å². The van der Waals surface area contributed by atoms with Crippen molar-refractivity contribution in [2.75, 3.05) is 6.61 Å². The van der Waals surface area contributed by atoms with Crippen LogP contribution in [0.4, 0.5) is 0 Å². The van der Waals surface area contributed by atoms with Gasteiger partial charge in [0.05, 0.1) is 11.1 Å². The molecule has 10 heteroatoms. The van der Waals surface area contributed by atoms with E-state index in [0.29, 0.717) is 39.8 Å². The predicted molar refractivity (Wildman–Crippen MR) is 144 cm³/mol. The first kappa shape index (κ1) is 25.4. The molecule has 0 aliphatic heterocycles. The normalized spacial score (nSPS) is 12.2. The second kappa shape index (κ2) is 9.92. The summed E-state index contributed by atoms with van der Waals surface area (Å²) in [5.41, 5.74) is 9.72. The molecule has 0 spiro atoms. The van der Waals surface area contributed by atoms with Crippen molar-refractivity contribution >= 4 is 34.1 Å². The number of halogens is 1. The zero-order valence-electron chi connectivity index (χ0n) is 21.0. The van der Waals surface area contributed by atoms with Gasteiger partial charge in [-0.25, -0.2) is 9.97 Å². The van der Waals surface area contributed by atoms with Gasteiger partial charge in [-0.3, -0.25) is 9.59 Å². The zero-order chi connectivity index (χ0) is 27.1. The summed E-state index contributed by atoms with van der Waals surface area (Å²) in [6, 6.07) is 10.4. The smallest absolute Gasteiger partial charge is 0.271 e. The third-order valence-electron chi connectivity index (χ3n) is 6.32. The summed E-state index contributed by atoms with van der Waals surface area (Å²) < 4.78 is 14.4. The highest BCUT2D eigenvalue weighted by Crippen LogP contribution is 2.33. The second-order valence-corrected chi connectivity index (χ2v) is 9.50. The molecule has 5 aromatic rings. The van der Waals surface area contributed by atoms with Gasteiger partial charge in [-0.15, -0.1) is 0 Å². The number of hydrogen-bond acceptors (Lipinski definition) is 7. The number of carbonyl (C=O) groups excluding carboxylic acids is 1. The topological polar surface area (TPSA) is 133 Å². The number of aliphatic hydroxyl groups excluding tert-OH is 1. The Balaban J connectivity index is 1.64. The number of pyridine rings is 2. The number of aryl methyl sites for hydroxylation is 1. The van der Waals surface area contributed by atoms with Gasteiger partial charge in [0.15, 0.2) is 16.9 Å². The van der Waals surface area contributed by atoms with E-state index in [9.17, 15) is 14.7 Å². The molecule has 5 rings (SSSR count). The molecule has 0 aliphatic carbocycles. The van der Waals surface area contributed by atoms with Crippen LogP contribution in [0.2, 0.25) is 5.15 Å². The lowest BCUT2D eigenvalue weighted by molar-refractivity contribution is 0.0988. The number of rotatable bonds is 7. The molecule has 1 amide bonds. The standard InChI is InChI=1S/C28H25ClN4O5/c1-14-10-19(16(3)37-21-5-6-22(29)32-24(21)28(30)36)27-20(11-14)25(35)15(2)26(38-27)17-4-7-23-31-18(8-9-34)13-33(23)12-17/h4-7,10-13,16,34H,8-9H2,1-3H3,(H2,30,36)/t16-/m1/s1. The van der Waals surface area contributed by atoms with Crippen molar-refractivity contribution in [3.8, 4) is 17.1 Å². The minimum atomic E-state index is -0.773. The minimum Gasteiger partial charge on any atom is -0.483 e. The molecule has 0 fully saturated rings. The molecule has 9 nitrogen and oxygen atoms in total. The van der Waals surface area contributed by atoms with Gasteiger partial charge in [0, 0.05) is 42.1 Å². The maximum absolute atomic E-state index is 13.5. The number of ether oxygens (including phenoxy) is 1. The third kappa shape index (κ3) is 4.62. The largest absolute Gasteiger partial charge is 0.483 e. The third-order valence-corrected chi connectivity index (χ3v) is 6.53. The SMILES string of the molecule is Cc1cc([C@@H](C)Oc2ccc(Cl)nc2C(N)=O)c2oc(-c3ccc4nc(CCO)cn4c3)c(C)c(=O)c2c1. The van der Waals surface area contributed by atoms with Crippen LogP contribution < -0.4 is 15.9 Å². The number of imidazole rings is 1. The number of primary amides is 1. The van der Waals surface area contributed by atoms with Crippen LogP contribution in [0.15, 0.2) is 58.0 Å². The molecule has 3 N–H and O–H groups in total. The van der Waals surface area contributed by atoms with Gasteiger partial charge in [-0.1, -0.05) is 11.6 Å². The van der Waals surface area contributed by atoms with Crippen molar-refractivity contribution in [1.29, 1.82) is 0 Å². The molecule has 0 aliphatic rings. The van der Waals surface area contributed by atoms with Gasteiger partial charge in [-0.2, -0.15) is 0 Å². The first-order chi connectivity index (χ1) is 18.2. The highest BCUT2D eigenvalue weighted by molar-refractivity contribution is 6.29. The number of nitrogens with zero attached hydrogens (tertiary/aromatic N) is 3. The Morgan fingerprint density at radius 2 is 1.97 bits per heavy atom. The van der Waals surface area contributed by atoms with Crippen LogP contribution in [0.25, 0.3) is 27.9 Å². The van der Waals surface area contributed by atoms with E-state index < -0.39 is 12.0 Å². The van der Waals surface area contributed by atoms with Crippen LogP contribution in [-0.4, -0.2) is 32.0 Å². The van der Waals surface area contributed by atoms with Crippen LogP contribution >= 0.6 is 11.6 Å². The summed E-state index contributed by atoms with van der Waals surface area (Å²) in [7, 11) is 0. The fourth-order valence-corrected chi connectivity index (χ4v) is 4.65. The highest BCUT2D eigenvalue weighted by atomic mass is 35.5. The molecule has 4 heterocycles. The summed E-state index contributed by atoms with van der Waals surface area (Å²) in [5, 5.41) is 9.78. The van der Waals surface area contributed by atoms with Crippen LogP contribution in [0, 0.1) is 13.8 Å². The molecule has 4 aromatic heterocycles. The van der Waals surface area contributed by atoms with Crippen LogP contribution in [0.3, 0.4) is 0 Å². The molecule has 0 bridgehead atoms. The van der Waals surface area contributed by atoms with Crippen LogP contribution in [0.5, 0.6) is 5.75 Å². The maximum atomic E-state index is 13.5. The number of amides is 1. The number of aromatic nitrogens is 3. The van der Waals surface area contributed by atoms with Gasteiger partial charge >= 0.3 is 0 Å². The average molecular weight is 533 g/mol. The van der Waals surface area contributed by atoms with E-state index in [0.717, 1.165) is 16.9 Å². The lowest BCUT2D eigenvalue weighted by atomic mass is 10.00. The lowest BCUT2D eigenvalue weighted by Crippen LogP contribution is -2.17. The van der Waals surface area contributed by atoms with Crippen molar-refractivity contribution in [2.45, 2.75) is 33.3 Å². The zero-order valence-corrected chi connectivity index (χ0v) is 21.7. The van der Waals surface area contributed by atoms with Crippen LogP contribution in [-0.2, 0) is 6.42 Å². The molecule has 0 unspecified atom stereocenters. The van der Waals surface area contributed by atoms with E-state index in [2.05, 4.69) is 9.97 Å². The quantitative estimate of drug-likeness (QED) is 0.294. The van der Waals surface area contributed by atoms with Crippen molar-refractivity contribution in [3.05, 3.63) is 92.2 Å². The predicted octanol–water partition coefficient (Wildman–Crippen LogP) is 4.55. The number of fused-ring (bicyclic) bond motifs is 2. The van der Waals surface area contributed by atoms with E-state index in [1.165, 1.54) is 12.1 Å². The van der Waals surface area contributed by atoms with E-state index in [-0.39, 0.29) is 28.6 Å². The summed E-state index contributed by atoms with van der Waals surface area (Å²) in [5.74, 6) is -0.182. The summed E-state index contributed by atoms with van der Waals surface area (Å²) in [6.07, 6.45) is 3.49. The summed E-state index contributed by atoms with van der Waals surface area (Å²) in [6.45, 7) is 5.41.